The van der Waals surface area contributed by atoms with Crippen LogP contribution in [0.1, 0.15) is 15.2 Å². The molecule has 0 saturated carbocycles. The zero-order valence-electron chi connectivity index (χ0n) is 10.3. The number of methoxy groups -OCH3 is 1. The summed E-state index contributed by atoms with van der Waals surface area (Å²) in [5.74, 6) is -0.451. The van der Waals surface area contributed by atoms with Crippen LogP contribution in [0.3, 0.4) is 0 Å². The lowest BCUT2D eigenvalue weighted by Gasteiger charge is -2.00. The van der Waals surface area contributed by atoms with Crippen LogP contribution in [0.4, 0.5) is 0 Å². The first-order valence-corrected chi connectivity index (χ1v) is 6.42. The Kier molecular flexibility index (Phi) is 2.60. The van der Waals surface area contributed by atoms with E-state index in [0.29, 0.717) is 20.7 Å². The fourth-order valence-electron chi connectivity index (χ4n) is 1.91. The van der Waals surface area contributed by atoms with Gasteiger partial charge in [-0.25, -0.2) is 9.78 Å². The molecular weight excluding hydrogens is 264 g/mol. The normalized spacial score (nSPS) is 11.1. The number of esters is 1. The first kappa shape index (κ1) is 11.9. The lowest BCUT2D eigenvalue weighted by atomic mass is 10.3. The quantitative estimate of drug-likeness (QED) is 0.637. The summed E-state index contributed by atoms with van der Waals surface area (Å²) in [7, 11) is 1.31. The van der Waals surface area contributed by atoms with Gasteiger partial charge in [-0.3, -0.25) is 9.20 Å². The topological polar surface area (TPSA) is 60.7 Å². The Labute approximate surface area is 112 Å². The number of hydrogen-bond donors (Lipinski definition) is 0. The minimum Gasteiger partial charge on any atom is -0.465 e. The summed E-state index contributed by atoms with van der Waals surface area (Å²) in [6.45, 7) is 1.91. The maximum absolute atomic E-state index is 12.3. The molecule has 0 radical (unpaired) electrons. The first-order valence-electron chi connectivity index (χ1n) is 5.61. The highest BCUT2D eigenvalue weighted by molar-refractivity contribution is 7.20. The van der Waals surface area contributed by atoms with Crippen LogP contribution >= 0.6 is 11.3 Å². The minimum atomic E-state index is -0.451. The Morgan fingerprint density at radius 3 is 2.95 bits per heavy atom. The highest BCUT2D eigenvalue weighted by atomic mass is 32.1. The van der Waals surface area contributed by atoms with Crippen molar-refractivity contribution in [3.8, 4) is 0 Å². The van der Waals surface area contributed by atoms with Gasteiger partial charge < -0.3 is 4.74 Å². The van der Waals surface area contributed by atoms with Crippen molar-refractivity contribution >= 4 is 33.2 Å². The van der Waals surface area contributed by atoms with Crippen molar-refractivity contribution in [2.24, 2.45) is 0 Å². The standard InChI is InChI=1S/C13H10N2O3S/c1-7-3-4-10-14-11-8(12(16)15(10)6-7)5-9(19-11)13(17)18-2/h3-6H,1-2H3. The van der Waals surface area contributed by atoms with Gasteiger partial charge in [0.15, 0.2) is 0 Å². The molecule has 0 amide bonds. The molecule has 96 valence electrons. The van der Waals surface area contributed by atoms with Crippen LogP contribution in [0.25, 0.3) is 15.9 Å². The number of carbonyl (C=O) groups is 1. The summed E-state index contributed by atoms with van der Waals surface area (Å²) in [5.41, 5.74) is 1.37. The number of pyridine rings is 1. The fourth-order valence-corrected chi connectivity index (χ4v) is 2.85. The van der Waals surface area contributed by atoms with E-state index in [1.807, 2.05) is 13.0 Å². The molecular formula is C13H10N2O3S. The molecule has 0 aliphatic carbocycles. The molecule has 19 heavy (non-hydrogen) atoms. The van der Waals surface area contributed by atoms with Gasteiger partial charge in [-0.2, -0.15) is 0 Å². The molecule has 0 N–H and O–H groups in total. The maximum atomic E-state index is 12.3. The highest BCUT2D eigenvalue weighted by Crippen LogP contribution is 2.22. The Morgan fingerprint density at radius 1 is 1.42 bits per heavy atom. The largest absolute Gasteiger partial charge is 0.465 e. The smallest absolute Gasteiger partial charge is 0.348 e. The van der Waals surface area contributed by atoms with Gasteiger partial charge in [0.25, 0.3) is 5.56 Å². The number of hydrogen-bond acceptors (Lipinski definition) is 5. The van der Waals surface area contributed by atoms with Crippen LogP contribution in [-0.4, -0.2) is 22.5 Å². The van der Waals surface area contributed by atoms with Crippen LogP contribution in [-0.2, 0) is 4.74 Å². The van der Waals surface area contributed by atoms with E-state index in [4.69, 9.17) is 0 Å². The van der Waals surface area contributed by atoms with Crippen molar-refractivity contribution in [3.63, 3.8) is 0 Å². The third-order valence-electron chi connectivity index (χ3n) is 2.84. The second kappa shape index (κ2) is 4.17. The van der Waals surface area contributed by atoms with E-state index in [1.165, 1.54) is 17.6 Å². The fraction of sp³-hybridized carbons (Fsp3) is 0.154. The average Bonchev–Trinajstić information content (AvgIpc) is 2.83. The molecule has 0 aliphatic heterocycles. The molecule has 0 aliphatic rings. The number of nitrogens with zero attached hydrogens (tertiary/aromatic N) is 2. The summed E-state index contributed by atoms with van der Waals surface area (Å²) in [5, 5.41) is 0.438. The SMILES string of the molecule is COC(=O)c1cc2c(=O)n3cc(C)ccc3nc2s1. The van der Waals surface area contributed by atoms with Crippen molar-refractivity contribution in [2.45, 2.75) is 6.92 Å². The molecule has 6 heteroatoms. The second-order valence-electron chi connectivity index (χ2n) is 4.17. The Morgan fingerprint density at radius 2 is 2.21 bits per heavy atom. The van der Waals surface area contributed by atoms with E-state index in [2.05, 4.69) is 9.72 Å². The van der Waals surface area contributed by atoms with Crippen molar-refractivity contribution in [1.29, 1.82) is 0 Å². The zero-order chi connectivity index (χ0) is 13.6. The molecule has 0 bridgehead atoms. The Balaban J connectivity index is 2.40. The van der Waals surface area contributed by atoms with Gasteiger partial charge in [0.2, 0.25) is 0 Å². The van der Waals surface area contributed by atoms with E-state index in [1.54, 1.807) is 12.3 Å². The summed E-state index contributed by atoms with van der Waals surface area (Å²) in [6, 6.07) is 5.21. The molecule has 0 aromatic carbocycles. The summed E-state index contributed by atoms with van der Waals surface area (Å²) < 4.78 is 6.15. The van der Waals surface area contributed by atoms with Gasteiger partial charge in [0.05, 0.1) is 12.5 Å². The molecule has 3 aromatic rings. The van der Waals surface area contributed by atoms with Crippen LogP contribution in [0.15, 0.2) is 29.2 Å². The van der Waals surface area contributed by atoms with Crippen LogP contribution in [0, 0.1) is 6.92 Å². The van der Waals surface area contributed by atoms with Gasteiger partial charge in [0.1, 0.15) is 15.4 Å². The summed E-state index contributed by atoms with van der Waals surface area (Å²) in [4.78, 5) is 29.2. The van der Waals surface area contributed by atoms with E-state index < -0.39 is 5.97 Å². The maximum Gasteiger partial charge on any atom is 0.348 e. The molecule has 3 aromatic heterocycles. The van der Waals surface area contributed by atoms with Gasteiger partial charge >= 0.3 is 5.97 Å². The van der Waals surface area contributed by atoms with E-state index >= 15 is 0 Å². The van der Waals surface area contributed by atoms with E-state index in [0.717, 1.165) is 16.9 Å². The predicted molar refractivity (Wildman–Crippen MR) is 72.9 cm³/mol. The monoisotopic (exact) mass is 274 g/mol. The number of thiophene rings is 1. The Hall–Kier alpha value is -2.21. The third-order valence-corrected chi connectivity index (χ3v) is 3.85. The summed E-state index contributed by atoms with van der Waals surface area (Å²) in [6.07, 6.45) is 1.74. The number of carbonyl (C=O) groups excluding carboxylic acids is 1. The second-order valence-corrected chi connectivity index (χ2v) is 5.20. The number of aryl methyl sites for hydroxylation is 1. The number of rotatable bonds is 1. The number of aromatic nitrogens is 2. The summed E-state index contributed by atoms with van der Waals surface area (Å²) >= 11 is 1.16. The van der Waals surface area contributed by atoms with Crippen LogP contribution < -0.4 is 5.56 Å². The molecule has 0 fully saturated rings. The van der Waals surface area contributed by atoms with Crippen molar-refractivity contribution < 1.29 is 9.53 Å². The highest BCUT2D eigenvalue weighted by Gasteiger charge is 2.14. The van der Waals surface area contributed by atoms with E-state index in [-0.39, 0.29) is 5.56 Å². The van der Waals surface area contributed by atoms with Crippen LogP contribution in [0.5, 0.6) is 0 Å². The first-order chi connectivity index (χ1) is 9.10. The molecule has 0 spiro atoms. The van der Waals surface area contributed by atoms with E-state index in [9.17, 15) is 9.59 Å². The average molecular weight is 274 g/mol. The molecule has 5 nitrogen and oxygen atoms in total. The molecule has 0 saturated heterocycles. The van der Waals surface area contributed by atoms with Gasteiger partial charge in [-0.05, 0) is 24.6 Å². The van der Waals surface area contributed by atoms with Gasteiger partial charge in [-0.15, -0.1) is 11.3 Å². The van der Waals surface area contributed by atoms with Crippen molar-refractivity contribution in [1.82, 2.24) is 9.38 Å². The number of fused-ring (bicyclic) bond motifs is 2. The molecule has 3 heterocycles. The third kappa shape index (κ3) is 1.80. The molecule has 0 unspecified atom stereocenters. The Bertz CT molecular complexity index is 863. The molecule has 0 atom stereocenters. The lowest BCUT2D eigenvalue weighted by molar-refractivity contribution is 0.0606. The van der Waals surface area contributed by atoms with Gasteiger partial charge in [-0.1, -0.05) is 6.07 Å². The predicted octanol–water partition coefficient (Wildman–Crippen LogP) is 2.00. The minimum absolute atomic E-state index is 0.171. The molecule has 3 rings (SSSR count). The number of ether oxygens (including phenoxy) is 1. The zero-order valence-corrected chi connectivity index (χ0v) is 11.2. The van der Waals surface area contributed by atoms with Crippen LogP contribution in [0.2, 0.25) is 0 Å². The van der Waals surface area contributed by atoms with Crippen molar-refractivity contribution in [3.05, 3.63) is 45.2 Å². The van der Waals surface area contributed by atoms with Gasteiger partial charge in [0, 0.05) is 6.20 Å². The van der Waals surface area contributed by atoms with Crippen molar-refractivity contribution in [2.75, 3.05) is 7.11 Å². The lowest BCUT2D eigenvalue weighted by Crippen LogP contribution is -2.14.